The summed E-state index contributed by atoms with van der Waals surface area (Å²) >= 11 is 6.32. The molecule has 2 aromatic rings. The van der Waals surface area contributed by atoms with E-state index >= 15 is 0 Å². The zero-order valence-corrected chi connectivity index (χ0v) is 15.2. The fraction of sp³-hybridized carbons (Fsp3) is 0.143. The molecule has 0 aliphatic carbocycles. The summed E-state index contributed by atoms with van der Waals surface area (Å²) in [5.41, 5.74) is 1.45. The highest BCUT2D eigenvalue weighted by Crippen LogP contribution is 2.27. The van der Waals surface area contributed by atoms with Gasteiger partial charge < -0.3 is 0 Å². The van der Waals surface area contributed by atoms with Gasteiger partial charge in [-0.2, -0.15) is 0 Å². The number of anilines is 1. The fourth-order valence-corrected chi connectivity index (χ4v) is 4.18. The zero-order valence-electron chi connectivity index (χ0n) is 11.2. The molecule has 7 heteroatoms. The Morgan fingerprint density at radius 2 is 1.71 bits per heavy atom. The van der Waals surface area contributed by atoms with Gasteiger partial charge in [-0.25, -0.2) is 12.8 Å². The molecule has 2 rings (SSSR count). The van der Waals surface area contributed by atoms with E-state index in [-0.39, 0.29) is 10.6 Å². The van der Waals surface area contributed by atoms with Crippen LogP contribution in [0.5, 0.6) is 0 Å². The van der Waals surface area contributed by atoms with Gasteiger partial charge in [-0.3, -0.25) is 4.72 Å². The lowest BCUT2D eigenvalue weighted by Crippen LogP contribution is -2.15. The molecular formula is C14H12Br2FNO2S. The van der Waals surface area contributed by atoms with Crippen LogP contribution >= 0.6 is 31.9 Å². The first-order valence-electron chi connectivity index (χ1n) is 5.95. The number of aryl methyl sites for hydroxylation is 2. The molecule has 0 heterocycles. The molecule has 2 aromatic carbocycles. The first-order chi connectivity index (χ1) is 9.70. The molecule has 0 bridgehead atoms. The van der Waals surface area contributed by atoms with Crippen LogP contribution in [-0.2, 0) is 10.0 Å². The van der Waals surface area contributed by atoms with Crippen molar-refractivity contribution in [3.63, 3.8) is 0 Å². The van der Waals surface area contributed by atoms with Gasteiger partial charge in [0.05, 0.1) is 15.1 Å². The van der Waals surface area contributed by atoms with E-state index < -0.39 is 15.8 Å². The Bertz CT molecular complexity index is 807. The van der Waals surface area contributed by atoms with Crippen LogP contribution in [0, 0.1) is 19.7 Å². The number of rotatable bonds is 3. The molecule has 0 aliphatic rings. The van der Waals surface area contributed by atoms with Crippen molar-refractivity contribution in [2.75, 3.05) is 4.72 Å². The van der Waals surface area contributed by atoms with Crippen LogP contribution in [0.4, 0.5) is 10.1 Å². The molecule has 0 atom stereocenters. The summed E-state index contributed by atoms with van der Waals surface area (Å²) in [7, 11) is -3.78. The average Bonchev–Trinajstić information content (AvgIpc) is 2.38. The van der Waals surface area contributed by atoms with E-state index in [0.717, 1.165) is 6.07 Å². The van der Waals surface area contributed by atoms with Gasteiger partial charge in [0, 0.05) is 4.47 Å². The monoisotopic (exact) mass is 435 g/mol. The van der Waals surface area contributed by atoms with Crippen LogP contribution in [-0.4, -0.2) is 8.42 Å². The highest BCUT2D eigenvalue weighted by Gasteiger charge is 2.19. The first kappa shape index (κ1) is 16.5. The summed E-state index contributed by atoms with van der Waals surface area (Å²) in [6.45, 7) is 3.41. The molecule has 0 saturated heterocycles. The van der Waals surface area contributed by atoms with Crippen molar-refractivity contribution < 1.29 is 12.8 Å². The Balaban J connectivity index is 2.47. The quantitative estimate of drug-likeness (QED) is 0.753. The van der Waals surface area contributed by atoms with E-state index in [1.807, 2.05) is 0 Å². The fourth-order valence-electron chi connectivity index (χ4n) is 1.82. The van der Waals surface area contributed by atoms with Gasteiger partial charge in [0.2, 0.25) is 0 Å². The van der Waals surface area contributed by atoms with Gasteiger partial charge in [-0.15, -0.1) is 0 Å². The van der Waals surface area contributed by atoms with Gasteiger partial charge in [-0.1, -0.05) is 22.0 Å². The molecule has 0 radical (unpaired) electrons. The molecule has 0 aliphatic heterocycles. The van der Waals surface area contributed by atoms with Crippen LogP contribution < -0.4 is 4.72 Å². The lowest BCUT2D eigenvalue weighted by Gasteiger charge is -2.13. The van der Waals surface area contributed by atoms with Crippen molar-refractivity contribution in [1.29, 1.82) is 0 Å². The summed E-state index contributed by atoms with van der Waals surface area (Å²) < 4.78 is 41.9. The molecule has 0 spiro atoms. The maximum atomic E-state index is 13.6. The third-order valence-corrected chi connectivity index (χ3v) is 5.56. The van der Waals surface area contributed by atoms with E-state index in [0.29, 0.717) is 20.1 Å². The van der Waals surface area contributed by atoms with E-state index in [9.17, 15) is 12.8 Å². The number of benzene rings is 2. The van der Waals surface area contributed by atoms with Crippen molar-refractivity contribution in [3.05, 3.63) is 56.2 Å². The minimum absolute atomic E-state index is 0.152. The van der Waals surface area contributed by atoms with E-state index in [1.165, 1.54) is 12.1 Å². The normalized spacial score (nSPS) is 11.5. The minimum atomic E-state index is -3.78. The van der Waals surface area contributed by atoms with Gasteiger partial charge >= 0.3 is 0 Å². The lowest BCUT2D eigenvalue weighted by molar-refractivity contribution is 0.600. The van der Waals surface area contributed by atoms with Crippen LogP contribution in [0.15, 0.2) is 44.2 Å². The first-order valence-corrected chi connectivity index (χ1v) is 9.02. The van der Waals surface area contributed by atoms with Crippen LogP contribution in [0.3, 0.4) is 0 Å². The highest BCUT2D eigenvalue weighted by molar-refractivity contribution is 9.10. The predicted octanol–water partition coefficient (Wildman–Crippen LogP) is 4.77. The molecule has 0 fully saturated rings. The Hall–Kier alpha value is -0.920. The number of hydrogen-bond donors (Lipinski definition) is 1. The second kappa shape index (κ2) is 6.06. The smallest absolute Gasteiger partial charge is 0.262 e. The number of nitrogens with one attached hydrogen (secondary N) is 1. The standard InChI is InChI=1S/C14H12Br2FNO2S/c1-8-3-4-10(15)6-14(8)21(19,20)18-13-7-12(17)11(16)5-9(13)2/h3-7,18H,1-2H3. The van der Waals surface area contributed by atoms with Crippen molar-refractivity contribution in [3.8, 4) is 0 Å². The molecule has 0 unspecified atom stereocenters. The lowest BCUT2D eigenvalue weighted by atomic mass is 10.2. The van der Waals surface area contributed by atoms with E-state index in [1.54, 1.807) is 26.0 Å². The maximum absolute atomic E-state index is 13.6. The Morgan fingerprint density at radius 3 is 2.38 bits per heavy atom. The second-order valence-electron chi connectivity index (χ2n) is 4.60. The van der Waals surface area contributed by atoms with Crippen LogP contribution in [0.25, 0.3) is 0 Å². The molecule has 1 N–H and O–H groups in total. The van der Waals surface area contributed by atoms with Crippen molar-refractivity contribution in [1.82, 2.24) is 0 Å². The van der Waals surface area contributed by atoms with Gasteiger partial charge in [0.25, 0.3) is 10.0 Å². The molecule has 0 saturated carbocycles. The predicted molar refractivity (Wildman–Crippen MR) is 88.5 cm³/mol. The molecule has 21 heavy (non-hydrogen) atoms. The average molecular weight is 437 g/mol. The number of sulfonamides is 1. The molecular weight excluding hydrogens is 425 g/mol. The number of halogens is 3. The van der Waals surface area contributed by atoms with Crippen LogP contribution in [0.1, 0.15) is 11.1 Å². The van der Waals surface area contributed by atoms with Crippen molar-refractivity contribution in [2.24, 2.45) is 0 Å². The second-order valence-corrected chi connectivity index (χ2v) is 8.02. The number of hydrogen-bond acceptors (Lipinski definition) is 2. The third-order valence-electron chi connectivity index (χ3n) is 2.95. The topological polar surface area (TPSA) is 46.2 Å². The molecule has 112 valence electrons. The summed E-state index contributed by atoms with van der Waals surface area (Å²) in [5.74, 6) is -0.524. The van der Waals surface area contributed by atoms with Crippen molar-refractivity contribution in [2.45, 2.75) is 18.7 Å². The Morgan fingerprint density at radius 1 is 1.05 bits per heavy atom. The molecule has 0 amide bonds. The largest absolute Gasteiger partial charge is 0.279 e. The Kier molecular flexibility index (Phi) is 4.75. The van der Waals surface area contributed by atoms with Gasteiger partial charge in [-0.05, 0) is 65.2 Å². The van der Waals surface area contributed by atoms with Gasteiger partial charge in [0.1, 0.15) is 5.82 Å². The summed E-state index contributed by atoms with van der Waals surface area (Å²) in [6, 6.07) is 7.67. The summed E-state index contributed by atoms with van der Waals surface area (Å²) in [4.78, 5) is 0.152. The zero-order chi connectivity index (χ0) is 15.8. The summed E-state index contributed by atoms with van der Waals surface area (Å²) in [6.07, 6.45) is 0. The SMILES string of the molecule is Cc1cc(Br)c(F)cc1NS(=O)(=O)c1cc(Br)ccc1C. The molecule has 3 nitrogen and oxygen atoms in total. The minimum Gasteiger partial charge on any atom is -0.279 e. The molecule has 0 aromatic heterocycles. The third kappa shape index (κ3) is 3.64. The Labute approximate surface area is 139 Å². The maximum Gasteiger partial charge on any atom is 0.262 e. The van der Waals surface area contributed by atoms with Crippen LogP contribution in [0.2, 0.25) is 0 Å². The van der Waals surface area contributed by atoms with Crippen molar-refractivity contribution >= 4 is 47.6 Å². The highest BCUT2D eigenvalue weighted by atomic mass is 79.9. The van der Waals surface area contributed by atoms with E-state index in [2.05, 4.69) is 36.6 Å². The summed E-state index contributed by atoms with van der Waals surface area (Å²) in [5, 5.41) is 0. The van der Waals surface area contributed by atoms with E-state index in [4.69, 9.17) is 0 Å². The van der Waals surface area contributed by atoms with Gasteiger partial charge in [0.15, 0.2) is 0 Å².